The maximum Gasteiger partial charge on any atom is 0.244 e. The Labute approximate surface area is 182 Å². The van der Waals surface area contributed by atoms with Gasteiger partial charge in [-0.2, -0.15) is 15.8 Å². The van der Waals surface area contributed by atoms with Gasteiger partial charge in [-0.15, -0.1) is 0 Å². The maximum atomic E-state index is 14.8. The molecule has 2 aliphatic rings. The van der Waals surface area contributed by atoms with Gasteiger partial charge in [0, 0.05) is 17.2 Å². The van der Waals surface area contributed by atoms with Crippen molar-refractivity contribution < 1.29 is 23.0 Å². The molecule has 0 radical (unpaired) electrons. The summed E-state index contributed by atoms with van der Waals surface area (Å²) in [6, 6.07) is 14.6. The third-order valence-corrected chi connectivity index (χ3v) is 6.41. The number of methoxy groups -OCH3 is 1. The van der Waals surface area contributed by atoms with E-state index in [1.807, 2.05) is 18.2 Å². The summed E-state index contributed by atoms with van der Waals surface area (Å²) in [4.78, 5) is 0. The lowest BCUT2D eigenvalue weighted by molar-refractivity contribution is -0.289. The molecule has 2 saturated heterocycles. The van der Waals surface area contributed by atoms with Crippen LogP contribution in [0.25, 0.3) is 0 Å². The van der Waals surface area contributed by atoms with Crippen molar-refractivity contribution in [1.29, 1.82) is 21.2 Å². The molecule has 2 heterocycles. The fraction of sp³-hybridized carbons (Fsp3) is 0.304. The van der Waals surface area contributed by atoms with E-state index in [1.165, 1.54) is 14.0 Å². The molecular formula is C23H16F2N4O3. The lowest BCUT2D eigenvalue weighted by atomic mass is 9.53. The molecule has 2 aromatic rings. The normalized spacial score (nSPS) is 29.8. The van der Waals surface area contributed by atoms with Crippen LogP contribution in [0.5, 0.6) is 5.75 Å². The average molecular weight is 434 g/mol. The molecule has 4 rings (SSSR count). The molecule has 2 bridgehead atoms. The van der Waals surface area contributed by atoms with E-state index in [0.717, 1.165) is 12.1 Å². The standard InChI is InChI=1S/C23H16F2N4O3/c1-13-22(12-28)20(29)32-23(13,14-3-6-16(30-2)7-4-14)31-19(21(22,10-26)11-27)17-8-5-15(24)9-18(17)25/h3-9,13,19,29H,1-2H3. The number of hydrogen-bond acceptors (Lipinski definition) is 7. The lowest BCUT2D eigenvalue weighted by Gasteiger charge is -2.48. The fourth-order valence-corrected chi connectivity index (χ4v) is 4.68. The summed E-state index contributed by atoms with van der Waals surface area (Å²) in [5.74, 6) is -4.79. The molecule has 0 aromatic heterocycles. The van der Waals surface area contributed by atoms with Gasteiger partial charge in [0.2, 0.25) is 17.1 Å². The largest absolute Gasteiger partial charge is 0.497 e. The Morgan fingerprint density at radius 1 is 1.03 bits per heavy atom. The summed E-state index contributed by atoms with van der Waals surface area (Å²) in [5, 5.41) is 39.0. The zero-order valence-electron chi connectivity index (χ0n) is 17.0. The van der Waals surface area contributed by atoms with E-state index in [4.69, 9.17) is 19.6 Å². The lowest BCUT2D eigenvalue weighted by Crippen LogP contribution is -2.57. The number of nitrogens with one attached hydrogen (secondary N) is 1. The van der Waals surface area contributed by atoms with Crippen LogP contribution in [0.3, 0.4) is 0 Å². The smallest absolute Gasteiger partial charge is 0.244 e. The van der Waals surface area contributed by atoms with Crippen molar-refractivity contribution in [2.24, 2.45) is 16.7 Å². The van der Waals surface area contributed by atoms with Crippen molar-refractivity contribution in [3.05, 3.63) is 65.2 Å². The Bertz CT molecular complexity index is 1230. The average Bonchev–Trinajstić information content (AvgIpc) is 2.96. The SMILES string of the molecule is COc1ccc(C23OC(=N)C(C#N)(C2C)C(C#N)(C#N)C(c2ccc(F)cc2F)O3)cc1. The molecule has 2 aromatic carbocycles. The third kappa shape index (κ3) is 2.36. The highest BCUT2D eigenvalue weighted by molar-refractivity contribution is 5.89. The molecule has 1 N–H and O–H groups in total. The second-order valence-corrected chi connectivity index (χ2v) is 7.66. The molecule has 9 heteroatoms. The number of halogens is 2. The summed E-state index contributed by atoms with van der Waals surface area (Å²) in [7, 11) is 1.48. The number of nitriles is 3. The van der Waals surface area contributed by atoms with Crippen LogP contribution in [0, 0.1) is 67.8 Å². The zero-order valence-corrected chi connectivity index (χ0v) is 17.0. The van der Waals surface area contributed by atoms with E-state index in [1.54, 1.807) is 24.3 Å². The summed E-state index contributed by atoms with van der Waals surface area (Å²) in [5.41, 5.74) is -4.34. The van der Waals surface area contributed by atoms with Crippen LogP contribution in [-0.2, 0) is 15.3 Å². The summed E-state index contributed by atoms with van der Waals surface area (Å²) < 4.78 is 45.6. The Morgan fingerprint density at radius 3 is 2.22 bits per heavy atom. The molecule has 160 valence electrons. The van der Waals surface area contributed by atoms with Gasteiger partial charge in [0.15, 0.2) is 5.41 Å². The second-order valence-electron chi connectivity index (χ2n) is 7.66. The molecule has 4 atom stereocenters. The van der Waals surface area contributed by atoms with Gasteiger partial charge in [-0.3, -0.25) is 5.41 Å². The summed E-state index contributed by atoms with van der Waals surface area (Å²) in [6.07, 6.45) is -1.65. The quantitative estimate of drug-likeness (QED) is 0.776. The molecule has 7 nitrogen and oxygen atoms in total. The minimum atomic E-state index is -2.34. The first-order valence-corrected chi connectivity index (χ1v) is 9.55. The van der Waals surface area contributed by atoms with Crippen LogP contribution in [0.2, 0.25) is 0 Å². The van der Waals surface area contributed by atoms with Gasteiger partial charge in [-0.25, -0.2) is 8.78 Å². The number of hydrogen-bond donors (Lipinski definition) is 1. The van der Waals surface area contributed by atoms with Crippen molar-refractivity contribution in [3.63, 3.8) is 0 Å². The Kier molecular flexibility index (Phi) is 4.66. The first-order chi connectivity index (χ1) is 15.3. The van der Waals surface area contributed by atoms with E-state index in [2.05, 4.69) is 0 Å². The van der Waals surface area contributed by atoms with Gasteiger partial charge >= 0.3 is 0 Å². The van der Waals surface area contributed by atoms with Gasteiger partial charge in [0.1, 0.15) is 23.5 Å². The molecule has 0 spiro atoms. The summed E-state index contributed by atoms with van der Waals surface area (Å²) in [6.45, 7) is 1.54. The van der Waals surface area contributed by atoms with E-state index in [9.17, 15) is 24.6 Å². The van der Waals surface area contributed by atoms with Crippen LogP contribution < -0.4 is 4.74 Å². The minimum Gasteiger partial charge on any atom is -0.497 e. The molecule has 0 saturated carbocycles. The Balaban J connectivity index is 2.03. The Morgan fingerprint density at radius 2 is 1.69 bits per heavy atom. The van der Waals surface area contributed by atoms with Crippen molar-refractivity contribution in [2.75, 3.05) is 7.11 Å². The number of ether oxygens (including phenoxy) is 3. The Hall–Kier alpha value is -4.00. The highest BCUT2D eigenvalue weighted by Crippen LogP contribution is 2.69. The first kappa shape index (κ1) is 21.2. The van der Waals surface area contributed by atoms with Crippen LogP contribution >= 0.6 is 0 Å². The van der Waals surface area contributed by atoms with Gasteiger partial charge in [-0.05, 0) is 30.3 Å². The zero-order chi connectivity index (χ0) is 23.3. The van der Waals surface area contributed by atoms with Crippen LogP contribution in [-0.4, -0.2) is 13.0 Å². The number of fused-ring (bicyclic) bond motifs is 2. The number of nitrogens with zero attached hydrogens (tertiary/aromatic N) is 3. The van der Waals surface area contributed by atoms with Crippen molar-refractivity contribution in [1.82, 2.24) is 0 Å². The van der Waals surface area contributed by atoms with Gasteiger partial charge in [0.25, 0.3) is 0 Å². The van der Waals surface area contributed by atoms with E-state index >= 15 is 0 Å². The fourth-order valence-electron chi connectivity index (χ4n) is 4.68. The predicted molar refractivity (Wildman–Crippen MR) is 105 cm³/mol. The van der Waals surface area contributed by atoms with E-state index in [0.29, 0.717) is 17.4 Å². The minimum absolute atomic E-state index is 0.294. The van der Waals surface area contributed by atoms with Gasteiger partial charge in [0.05, 0.1) is 31.2 Å². The first-order valence-electron chi connectivity index (χ1n) is 9.55. The number of benzene rings is 2. The van der Waals surface area contributed by atoms with Crippen LogP contribution in [0.15, 0.2) is 42.5 Å². The number of rotatable bonds is 3. The summed E-state index contributed by atoms with van der Waals surface area (Å²) >= 11 is 0. The molecule has 32 heavy (non-hydrogen) atoms. The maximum absolute atomic E-state index is 14.8. The molecular weight excluding hydrogens is 418 g/mol. The molecule has 0 aliphatic carbocycles. The van der Waals surface area contributed by atoms with E-state index < -0.39 is 46.2 Å². The molecule has 4 unspecified atom stereocenters. The molecule has 0 amide bonds. The molecule has 2 aliphatic heterocycles. The monoisotopic (exact) mass is 434 g/mol. The van der Waals surface area contributed by atoms with E-state index in [-0.39, 0.29) is 5.56 Å². The van der Waals surface area contributed by atoms with Crippen molar-refractivity contribution in [2.45, 2.75) is 18.8 Å². The highest BCUT2D eigenvalue weighted by atomic mass is 19.1. The topological polar surface area (TPSA) is 123 Å². The third-order valence-electron chi connectivity index (χ3n) is 6.41. The van der Waals surface area contributed by atoms with Gasteiger partial charge in [-0.1, -0.05) is 13.0 Å². The highest BCUT2D eigenvalue weighted by Gasteiger charge is 2.80. The van der Waals surface area contributed by atoms with Crippen molar-refractivity contribution in [3.8, 4) is 24.0 Å². The molecule has 2 fully saturated rings. The predicted octanol–water partition coefficient (Wildman–Crippen LogP) is 4.08. The van der Waals surface area contributed by atoms with Crippen LogP contribution in [0.1, 0.15) is 24.2 Å². The van der Waals surface area contributed by atoms with Crippen molar-refractivity contribution >= 4 is 5.90 Å². The van der Waals surface area contributed by atoms with Crippen LogP contribution in [0.4, 0.5) is 8.78 Å². The second kappa shape index (κ2) is 7.02. The van der Waals surface area contributed by atoms with Gasteiger partial charge < -0.3 is 14.2 Å².